The highest BCUT2D eigenvalue weighted by Gasteiger charge is 2.20. The summed E-state index contributed by atoms with van der Waals surface area (Å²) < 4.78 is 1.61. The van der Waals surface area contributed by atoms with E-state index in [0.29, 0.717) is 29.5 Å². The molecule has 1 amide bonds. The molecule has 0 spiro atoms. The molecule has 24 heavy (non-hydrogen) atoms. The zero-order valence-corrected chi connectivity index (χ0v) is 13.7. The van der Waals surface area contributed by atoms with E-state index in [1.165, 1.54) is 6.20 Å². The standard InChI is InChI=1S/C17H21N5O2/c1-3-5-6-8-22-17(24)12-10-19-15-11(14(12)21-22)9-13(20-15)16(23)18-7-4-2/h4,9-10,13,21H,2-3,5-8H2,1H3,(H,18,23). The summed E-state index contributed by atoms with van der Waals surface area (Å²) >= 11 is 0. The predicted molar refractivity (Wildman–Crippen MR) is 92.1 cm³/mol. The molecule has 0 bridgehead atoms. The molecule has 3 rings (SSSR count). The third-order valence-corrected chi connectivity index (χ3v) is 4.08. The summed E-state index contributed by atoms with van der Waals surface area (Å²) in [6.45, 7) is 6.74. The van der Waals surface area contributed by atoms with E-state index in [1.807, 2.05) is 0 Å². The molecule has 1 unspecified atom stereocenters. The van der Waals surface area contributed by atoms with E-state index >= 15 is 0 Å². The van der Waals surface area contributed by atoms with Gasteiger partial charge in [0.05, 0.1) is 10.9 Å². The fraction of sp³-hybridized carbons (Fsp3) is 0.412. The number of aryl methyl sites for hydroxylation is 1. The highest BCUT2D eigenvalue weighted by molar-refractivity contribution is 5.90. The maximum Gasteiger partial charge on any atom is 0.275 e. The second-order valence-corrected chi connectivity index (χ2v) is 5.83. The fourth-order valence-electron chi connectivity index (χ4n) is 2.81. The van der Waals surface area contributed by atoms with Crippen molar-refractivity contribution in [1.82, 2.24) is 20.1 Å². The van der Waals surface area contributed by atoms with Gasteiger partial charge >= 0.3 is 0 Å². The second-order valence-electron chi connectivity index (χ2n) is 5.83. The molecule has 0 saturated carbocycles. The molecule has 0 saturated heterocycles. The maximum atomic E-state index is 12.4. The smallest absolute Gasteiger partial charge is 0.275 e. The van der Waals surface area contributed by atoms with Crippen LogP contribution < -0.4 is 21.6 Å². The summed E-state index contributed by atoms with van der Waals surface area (Å²) in [5, 5.41) is 7.12. The first kappa shape index (κ1) is 16.2. The summed E-state index contributed by atoms with van der Waals surface area (Å²) in [6.07, 6.45) is 8.01. The van der Waals surface area contributed by atoms with Gasteiger partial charge in [0.1, 0.15) is 6.04 Å². The quantitative estimate of drug-likeness (QED) is 0.554. The van der Waals surface area contributed by atoms with Crippen molar-refractivity contribution in [2.45, 2.75) is 38.8 Å². The first-order valence-electron chi connectivity index (χ1n) is 8.21. The van der Waals surface area contributed by atoms with Gasteiger partial charge in [0, 0.05) is 24.5 Å². The monoisotopic (exact) mass is 327 g/mol. The van der Waals surface area contributed by atoms with E-state index in [1.54, 1.807) is 16.8 Å². The summed E-state index contributed by atoms with van der Waals surface area (Å²) in [5.41, 5.74) is 1.11. The molecule has 7 nitrogen and oxygen atoms in total. The number of nitrogens with one attached hydrogen (secondary N) is 2. The maximum absolute atomic E-state index is 12.4. The van der Waals surface area contributed by atoms with Gasteiger partial charge in [-0.1, -0.05) is 25.8 Å². The van der Waals surface area contributed by atoms with Crippen LogP contribution >= 0.6 is 0 Å². The van der Waals surface area contributed by atoms with Crippen molar-refractivity contribution < 1.29 is 4.79 Å². The van der Waals surface area contributed by atoms with E-state index in [0.717, 1.165) is 24.5 Å². The average Bonchev–Trinajstić information content (AvgIpc) is 3.15. The lowest BCUT2D eigenvalue weighted by Crippen LogP contribution is -2.31. The second kappa shape index (κ2) is 6.82. The van der Waals surface area contributed by atoms with Crippen molar-refractivity contribution >= 4 is 22.9 Å². The number of rotatable bonds is 7. The molecule has 0 aliphatic carbocycles. The first-order valence-corrected chi connectivity index (χ1v) is 8.21. The topological polar surface area (TPSA) is 92.1 Å². The number of hydrogen-bond acceptors (Lipinski definition) is 4. The van der Waals surface area contributed by atoms with Gasteiger partial charge in [-0.05, 0) is 12.5 Å². The number of carbonyl (C=O) groups is 1. The van der Waals surface area contributed by atoms with Crippen LogP contribution in [0.5, 0.6) is 0 Å². The lowest BCUT2D eigenvalue weighted by Gasteiger charge is -2.03. The zero-order valence-electron chi connectivity index (χ0n) is 13.7. The molecule has 1 aliphatic rings. The Morgan fingerprint density at radius 1 is 1.50 bits per heavy atom. The third-order valence-electron chi connectivity index (χ3n) is 4.08. The van der Waals surface area contributed by atoms with E-state index in [4.69, 9.17) is 0 Å². The number of aromatic amines is 1. The van der Waals surface area contributed by atoms with Gasteiger partial charge in [0.25, 0.3) is 5.56 Å². The Morgan fingerprint density at radius 2 is 2.33 bits per heavy atom. The molecule has 2 aromatic rings. The van der Waals surface area contributed by atoms with Crippen LogP contribution in [0.25, 0.3) is 17.0 Å². The SMILES string of the molecule is C=CCNC(=O)C1C=c2c(ncc3c(=O)n(CCCCC)[nH]c23)=N1. The minimum Gasteiger partial charge on any atom is -0.350 e. The largest absolute Gasteiger partial charge is 0.350 e. The van der Waals surface area contributed by atoms with Crippen LogP contribution in [0.15, 0.2) is 28.6 Å². The Kier molecular flexibility index (Phi) is 4.59. The third kappa shape index (κ3) is 2.89. The number of nitrogens with zero attached hydrogens (tertiary/aromatic N) is 3. The average molecular weight is 327 g/mol. The normalized spacial score (nSPS) is 15.6. The zero-order chi connectivity index (χ0) is 17.1. The van der Waals surface area contributed by atoms with Gasteiger partial charge in [-0.15, -0.1) is 6.58 Å². The number of amides is 1. The van der Waals surface area contributed by atoms with Gasteiger partial charge in [-0.3, -0.25) is 19.4 Å². The number of pyridine rings is 1. The van der Waals surface area contributed by atoms with E-state index in [9.17, 15) is 9.59 Å². The van der Waals surface area contributed by atoms with Gasteiger partial charge in [0.15, 0.2) is 5.49 Å². The van der Waals surface area contributed by atoms with Crippen molar-refractivity contribution in [1.29, 1.82) is 0 Å². The summed E-state index contributed by atoms with van der Waals surface area (Å²) in [5.74, 6) is -0.203. The lowest BCUT2D eigenvalue weighted by atomic mass is 10.2. The molecular weight excluding hydrogens is 306 g/mol. The first-order chi connectivity index (χ1) is 11.7. The van der Waals surface area contributed by atoms with Crippen LogP contribution in [0.2, 0.25) is 0 Å². The van der Waals surface area contributed by atoms with Crippen LogP contribution in [0.1, 0.15) is 26.2 Å². The number of unbranched alkanes of at least 4 members (excludes halogenated alkanes) is 2. The lowest BCUT2D eigenvalue weighted by molar-refractivity contribution is -0.120. The fourth-order valence-corrected chi connectivity index (χ4v) is 2.81. The van der Waals surface area contributed by atoms with Crippen LogP contribution in [0.3, 0.4) is 0 Å². The molecule has 0 aromatic carbocycles. The minimum atomic E-state index is -0.620. The number of aromatic nitrogens is 3. The number of hydrogen-bond donors (Lipinski definition) is 2. The van der Waals surface area contributed by atoms with Gasteiger partial charge in [0.2, 0.25) is 5.91 Å². The van der Waals surface area contributed by atoms with Gasteiger partial charge < -0.3 is 5.32 Å². The van der Waals surface area contributed by atoms with Crippen molar-refractivity contribution in [2.75, 3.05) is 6.54 Å². The summed E-state index contributed by atoms with van der Waals surface area (Å²) in [4.78, 5) is 33.1. The van der Waals surface area contributed by atoms with E-state index in [-0.39, 0.29) is 11.5 Å². The molecule has 7 heteroatoms. The Morgan fingerprint density at radius 3 is 3.08 bits per heavy atom. The minimum absolute atomic E-state index is 0.0793. The van der Waals surface area contributed by atoms with Crippen molar-refractivity contribution in [3.05, 3.63) is 39.9 Å². The Balaban J connectivity index is 1.98. The van der Waals surface area contributed by atoms with Crippen LogP contribution in [-0.2, 0) is 11.3 Å². The highest BCUT2D eigenvalue weighted by Crippen LogP contribution is 2.04. The summed E-state index contributed by atoms with van der Waals surface area (Å²) in [6, 6.07) is -0.620. The van der Waals surface area contributed by atoms with Crippen LogP contribution in [0.4, 0.5) is 0 Å². The molecule has 0 fully saturated rings. The highest BCUT2D eigenvalue weighted by atomic mass is 16.2. The molecular formula is C17H21N5O2. The van der Waals surface area contributed by atoms with Gasteiger partial charge in [-0.25, -0.2) is 9.98 Å². The molecule has 3 heterocycles. The van der Waals surface area contributed by atoms with E-state index < -0.39 is 6.04 Å². The van der Waals surface area contributed by atoms with Crippen molar-refractivity contribution in [3.63, 3.8) is 0 Å². The molecule has 2 aromatic heterocycles. The van der Waals surface area contributed by atoms with Crippen LogP contribution in [0, 0.1) is 0 Å². The van der Waals surface area contributed by atoms with Crippen molar-refractivity contribution in [2.24, 2.45) is 4.99 Å². The van der Waals surface area contributed by atoms with E-state index in [2.05, 4.69) is 33.9 Å². The molecule has 0 radical (unpaired) electrons. The number of H-pyrrole nitrogens is 1. The molecule has 126 valence electrons. The van der Waals surface area contributed by atoms with Crippen LogP contribution in [-0.4, -0.2) is 33.3 Å². The molecule has 1 atom stereocenters. The molecule has 2 N–H and O–H groups in total. The Bertz CT molecular complexity index is 954. The Labute approximate surface area is 138 Å². The van der Waals surface area contributed by atoms with Gasteiger partial charge in [-0.2, -0.15) is 0 Å². The number of fused-ring (bicyclic) bond motifs is 3. The Hall–Kier alpha value is -2.70. The molecule has 1 aliphatic heterocycles. The number of carbonyl (C=O) groups excluding carboxylic acids is 1. The summed E-state index contributed by atoms with van der Waals surface area (Å²) in [7, 11) is 0. The predicted octanol–water partition coefficient (Wildman–Crippen LogP) is -0.000700. The van der Waals surface area contributed by atoms with Crippen molar-refractivity contribution in [3.8, 4) is 0 Å².